The zero-order valence-electron chi connectivity index (χ0n) is 9.52. The Bertz CT molecular complexity index is 369. The molecule has 1 rings (SSSR count). The number of aliphatic hydroxyl groups excluding tert-OH is 1. The Hall–Kier alpha value is -1.38. The molecule has 0 saturated carbocycles. The fraction of sp³-hybridized carbons (Fsp3) is 0.556. The van der Waals surface area contributed by atoms with Crippen LogP contribution >= 0.6 is 11.5 Å². The summed E-state index contributed by atoms with van der Waals surface area (Å²) in [5.74, 6) is -0.0526. The lowest BCUT2D eigenvalue weighted by atomic mass is 10.3. The van der Waals surface area contributed by atoms with Gasteiger partial charge in [0.1, 0.15) is 10.6 Å². The Morgan fingerprint density at radius 3 is 3.00 bits per heavy atom. The van der Waals surface area contributed by atoms with E-state index in [1.165, 1.54) is 7.05 Å². The van der Waals surface area contributed by atoms with E-state index >= 15 is 0 Å². The van der Waals surface area contributed by atoms with Gasteiger partial charge in [0.2, 0.25) is 0 Å². The molecule has 0 aliphatic rings. The number of nitrogens with one attached hydrogen (secondary N) is 2. The molecule has 0 fully saturated rings. The van der Waals surface area contributed by atoms with E-state index in [9.17, 15) is 4.79 Å². The number of nitrogens with two attached hydrogens (primary N) is 1. The number of rotatable bonds is 7. The number of nitrogens with zero attached hydrogens (tertiary/aromatic N) is 1. The van der Waals surface area contributed by atoms with Gasteiger partial charge in [0.15, 0.2) is 5.82 Å². The lowest BCUT2D eigenvalue weighted by Gasteiger charge is -2.06. The van der Waals surface area contributed by atoms with Crippen molar-refractivity contribution in [2.24, 2.45) is 0 Å². The predicted molar refractivity (Wildman–Crippen MR) is 66.3 cm³/mol. The molecular formula is C9H16N4O3S. The molecule has 0 aliphatic carbocycles. The number of hydrogen-bond acceptors (Lipinski definition) is 7. The number of aliphatic hydroxyl groups is 1. The molecule has 1 heterocycles. The molecule has 1 aromatic heterocycles. The maximum atomic E-state index is 11.5. The van der Waals surface area contributed by atoms with Gasteiger partial charge in [0, 0.05) is 13.6 Å². The number of nitrogen functional groups attached to an aromatic ring is 1. The second kappa shape index (κ2) is 7.05. The van der Waals surface area contributed by atoms with Gasteiger partial charge in [0.05, 0.1) is 19.8 Å². The van der Waals surface area contributed by atoms with Crippen LogP contribution in [0.2, 0.25) is 0 Å². The minimum atomic E-state index is -0.268. The molecule has 0 spiro atoms. The lowest BCUT2D eigenvalue weighted by Crippen LogP contribution is -2.20. The second-order valence-electron chi connectivity index (χ2n) is 3.11. The van der Waals surface area contributed by atoms with Crippen molar-refractivity contribution < 1.29 is 14.6 Å². The van der Waals surface area contributed by atoms with Crippen molar-refractivity contribution in [3.05, 3.63) is 5.56 Å². The quantitative estimate of drug-likeness (QED) is 0.492. The largest absolute Gasteiger partial charge is 0.394 e. The van der Waals surface area contributed by atoms with Gasteiger partial charge in [-0.3, -0.25) is 4.79 Å². The molecule has 0 radical (unpaired) electrons. The van der Waals surface area contributed by atoms with Crippen LogP contribution in [0.4, 0.5) is 10.8 Å². The first kappa shape index (κ1) is 13.7. The van der Waals surface area contributed by atoms with E-state index in [0.29, 0.717) is 30.3 Å². The number of carbonyl (C=O) groups is 1. The first-order chi connectivity index (χ1) is 8.20. The van der Waals surface area contributed by atoms with Crippen molar-refractivity contribution in [3.8, 4) is 0 Å². The number of amides is 1. The van der Waals surface area contributed by atoms with Gasteiger partial charge in [-0.2, -0.15) is 4.37 Å². The van der Waals surface area contributed by atoms with E-state index in [4.69, 9.17) is 15.6 Å². The van der Waals surface area contributed by atoms with Gasteiger partial charge in [-0.05, 0) is 11.5 Å². The molecule has 0 unspecified atom stereocenters. The number of anilines is 2. The molecule has 8 heteroatoms. The normalized spacial score (nSPS) is 10.2. The SMILES string of the molecule is CNC(=O)c1c(N)nsc1NCCOCCO. The second-order valence-corrected chi connectivity index (χ2v) is 3.89. The van der Waals surface area contributed by atoms with E-state index in [1.807, 2.05) is 0 Å². The van der Waals surface area contributed by atoms with E-state index in [0.717, 1.165) is 11.5 Å². The standard InChI is InChI=1S/C9H16N4O3S/c1-11-8(15)6-7(10)13-17-9(6)12-2-4-16-5-3-14/h12,14H,2-5H2,1H3,(H2,10,13)(H,11,15). The lowest BCUT2D eigenvalue weighted by molar-refractivity contribution is 0.0963. The number of aromatic nitrogens is 1. The van der Waals surface area contributed by atoms with Crippen molar-refractivity contribution in [2.75, 3.05) is 44.5 Å². The van der Waals surface area contributed by atoms with Gasteiger partial charge in [-0.1, -0.05) is 0 Å². The Balaban J connectivity index is 2.50. The molecule has 0 bridgehead atoms. The number of hydrogen-bond donors (Lipinski definition) is 4. The average Bonchev–Trinajstić information content (AvgIpc) is 2.69. The van der Waals surface area contributed by atoms with Crippen LogP contribution in [0.5, 0.6) is 0 Å². The summed E-state index contributed by atoms with van der Waals surface area (Å²) in [7, 11) is 1.54. The summed E-state index contributed by atoms with van der Waals surface area (Å²) in [6.07, 6.45) is 0. The Morgan fingerprint density at radius 1 is 1.59 bits per heavy atom. The Morgan fingerprint density at radius 2 is 2.35 bits per heavy atom. The highest BCUT2D eigenvalue weighted by Crippen LogP contribution is 2.26. The third kappa shape index (κ3) is 3.84. The van der Waals surface area contributed by atoms with Crippen LogP contribution in [-0.2, 0) is 4.74 Å². The van der Waals surface area contributed by atoms with Gasteiger partial charge < -0.3 is 26.2 Å². The zero-order valence-corrected chi connectivity index (χ0v) is 10.3. The van der Waals surface area contributed by atoms with Crippen molar-refractivity contribution in [1.82, 2.24) is 9.69 Å². The first-order valence-electron chi connectivity index (χ1n) is 5.10. The van der Waals surface area contributed by atoms with E-state index in [2.05, 4.69) is 15.0 Å². The molecule has 17 heavy (non-hydrogen) atoms. The van der Waals surface area contributed by atoms with Crippen LogP contribution in [0.1, 0.15) is 10.4 Å². The summed E-state index contributed by atoms with van der Waals surface area (Å²) in [5, 5.41) is 14.7. The van der Waals surface area contributed by atoms with Crippen molar-refractivity contribution in [2.45, 2.75) is 0 Å². The zero-order chi connectivity index (χ0) is 12.7. The summed E-state index contributed by atoms with van der Waals surface area (Å²) in [4.78, 5) is 11.5. The third-order valence-corrected chi connectivity index (χ3v) is 2.76. The first-order valence-corrected chi connectivity index (χ1v) is 5.87. The highest BCUT2D eigenvalue weighted by Gasteiger charge is 2.17. The molecule has 96 valence electrons. The maximum absolute atomic E-state index is 11.5. The highest BCUT2D eigenvalue weighted by atomic mass is 32.1. The Kier molecular flexibility index (Phi) is 5.67. The summed E-state index contributed by atoms with van der Waals surface area (Å²) >= 11 is 1.13. The monoisotopic (exact) mass is 260 g/mol. The molecule has 0 aliphatic heterocycles. The van der Waals surface area contributed by atoms with Gasteiger partial charge >= 0.3 is 0 Å². The van der Waals surface area contributed by atoms with Gasteiger partial charge in [-0.15, -0.1) is 0 Å². The topological polar surface area (TPSA) is 110 Å². The molecule has 0 saturated heterocycles. The van der Waals surface area contributed by atoms with Crippen molar-refractivity contribution >= 4 is 28.3 Å². The summed E-state index contributed by atoms with van der Waals surface area (Å²) in [6, 6.07) is 0. The predicted octanol–water partition coefficient (Wildman–Crippen LogP) is -0.494. The molecule has 5 N–H and O–H groups in total. The summed E-state index contributed by atoms with van der Waals surface area (Å²) in [6.45, 7) is 1.25. The van der Waals surface area contributed by atoms with Crippen molar-refractivity contribution in [3.63, 3.8) is 0 Å². The maximum Gasteiger partial charge on any atom is 0.257 e. The minimum absolute atomic E-state index is 0.00298. The van der Waals surface area contributed by atoms with Crippen molar-refractivity contribution in [1.29, 1.82) is 0 Å². The highest BCUT2D eigenvalue weighted by molar-refractivity contribution is 7.11. The van der Waals surface area contributed by atoms with Crippen LogP contribution in [0, 0.1) is 0 Å². The van der Waals surface area contributed by atoms with Gasteiger partial charge in [-0.25, -0.2) is 0 Å². The van der Waals surface area contributed by atoms with E-state index in [1.54, 1.807) is 0 Å². The van der Waals surface area contributed by atoms with E-state index in [-0.39, 0.29) is 18.3 Å². The molecule has 1 amide bonds. The molecular weight excluding hydrogens is 244 g/mol. The average molecular weight is 260 g/mol. The van der Waals surface area contributed by atoms with Gasteiger partial charge in [0.25, 0.3) is 5.91 Å². The Labute approximate surface area is 103 Å². The van der Waals surface area contributed by atoms with Crippen LogP contribution in [0.3, 0.4) is 0 Å². The van der Waals surface area contributed by atoms with Crippen LogP contribution < -0.4 is 16.4 Å². The summed E-state index contributed by atoms with van der Waals surface area (Å²) in [5.41, 5.74) is 5.96. The van der Waals surface area contributed by atoms with Crippen LogP contribution in [0.25, 0.3) is 0 Å². The summed E-state index contributed by atoms with van der Waals surface area (Å²) < 4.78 is 8.99. The number of ether oxygens (including phenoxy) is 1. The fourth-order valence-electron chi connectivity index (χ4n) is 1.17. The molecule has 7 nitrogen and oxygen atoms in total. The van der Waals surface area contributed by atoms with E-state index < -0.39 is 0 Å². The minimum Gasteiger partial charge on any atom is -0.394 e. The molecule has 1 aromatic rings. The van der Waals surface area contributed by atoms with Crippen LogP contribution in [-0.4, -0.2) is 48.8 Å². The molecule has 0 atom stereocenters. The fourth-order valence-corrected chi connectivity index (χ4v) is 1.91. The number of carbonyl (C=O) groups excluding carboxylic acids is 1. The van der Waals surface area contributed by atoms with Crippen LogP contribution in [0.15, 0.2) is 0 Å². The third-order valence-electron chi connectivity index (χ3n) is 1.94. The smallest absolute Gasteiger partial charge is 0.257 e. The molecule has 0 aromatic carbocycles.